The summed E-state index contributed by atoms with van der Waals surface area (Å²) in [5.41, 5.74) is 3.48. The van der Waals surface area contributed by atoms with E-state index in [2.05, 4.69) is 55.4 Å². The van der Waals surface area contributed by atoms with E-state index in [1.807, 2.05) is 91.0 Å². The third-order valence-corrected chi connectivity index (χ3v) is 3.47. The highest BCUT2D eigenvalue weighted by Gasteiger charge is 2.13. The molecule has 0 aliphatic heterocycles. The molecule has 0 radical (unpaired) electrons. The quantitative estimate of drug-likeness (QED) is 0.382. The van der Waals surface area contributed by atoms with Crippen LogP contribution in [0.3, 0.4) is 0 Å². The Labute approximate surface area is 188 Å². The molecular weight excluding hydrogens is 362 g/mol. The molecule has 1 aromatic carbocycles. The Morgan fingerprint density at radius 3 is 1.93 bits per heavy atom. The Bertz CT molecular complexity index is 642. The topological polar surface area (TPSA) is 12.0 Å². The third kappa shape index (κ3) is 15.3. The molecule has 0 fully saturated rings. The van der Waals surface area contributed by atoms with Gasteiger partial charge in [-0.15, -0.1) is 0 Å². The SMILES string of the molecule is C=C/C=C\C(=C/C=C)CNC(/C(C=C)=C/C=C\C)c1ccccc1.CC.CC.CC. The monoisotopic (exact) mass is 407 g/mol. The van der Waals surface area contributed by atoms with Gasteiger partial charge in [-0.1, -0.05) is 146 Å². The van der Waals surface area contributed by atoms with Crippen molar-refractivity contribution in [3.05, 3.63) is 121 Å². The van der Waals surface area contributed by atoms with Crippen LogP contribution in [0.25, 0.3) is 0 Å². The van der Waals surface area contributed by atoms with Gasteiger partial charge in [0.1, 0.15) is 0 Å². The van der Waals surface area contributed by atoms with Gasteiger partial charge in [0.25, 0.3) is 0 Å². The van der Waals surface area contributed by atoms with E-state index in [4.69, 9.17) is 0 Å². The number of hydrogen-bond donors (Lipinski definition) is 1. The van der Waals surface area contributed by atoms with Crippen LogP contribution in [-0.2, 0) is 0 Å². The summed E-state index contributed by atoms with van der Waals surface area (Å²) in [5.74, 6) is 0. The molecule has 1 aromatic rings. The summed E-state index contributed by atoms with van der Waals surface area (Å²) in [6.07, 6.45) is 17.6. The van der Waals surface area contributed by atoms with Gasteiger partial charge < -0.3 is 5.32 Å². The minimum atomic E-state index is 0.0743. The van der Waals surface area contributed by atoms with Gasteiger partial charge in [-0.25, -0.2) is 0 Å². The Kier molecular flexibility index (Phi) is 28.1. The second-order valence-corrected chi connectivity index (χ2v) is 5.19. The van der Waals surface area contributed by atoms with Gasteiger partial charge in [0.2, 0.25) is 0 Å². The number of benzene rings is 1. The lowest BCUT2D eigenvalue weighted by Gasteiger charge is -2.21. The van der Waals surface area contributed by atoms with Crippen molar-refractivity contribution in [3.63, 3.8) is 0 Å². The fourth-order valence-electron chi connectivity index (χ4n) is 2.30. The zero-order valence-electron chi connectivity index (χ0n) is 20.5. The predicted octanol–water partition coefficient (Wildman–Crippen LogP) is 8.94. The summed E-state index contributed by atoms with van der Waals surface area (Å²) in [5, 5.41) is 3.61. The van der Waals surface area contributed by atoms with Crippen molar-refractivity contribution in [1.29, 1.82) is 0 Å². The first-order valence-corrected chi connectivity index (χ1v) is 11.1. The standard InChI is InChI=1S/C23H27N.3C2H6/c1-5-9-15-20(14-7-3)19-24-23(21(8-4)16-10-6-2)22-17-12-11-13-18-22;3*1-2/h5-18,23-24H,1,3-4,19H2,2H3;3*1-2H3/b10-6-,15-9-,20-14+,21-16+;;;. The van der Waals surface area contributed by atoms with Crippen LogP contribution >= 0.6 is 0 Å². The third-order valence-electron chi connectivity index (χ3n) is 3.47. The maximum atomic E-state index is 3.97. The second-order valence-electron chi connectivity index (χ2n) is 5.19. The molecule has 0 aromatic heterocycles. The predicted molar refractivity (Wildman–Crippen MR) is 142 cm³/mol. The van der Waals surface area contributed by atoms with Gasteiger partial charge in [-0.3, -0.25) is 0 Å². The van der Waals surface area contributed by atoms with Crippen molar-refractivity contribution < 1.29 is 0 Å². The van der Waals surface area contributed by atoms with Crippen molar-refractivity contribution in [2.24, 2.45) is 0 Å². The highest BCUT2D eigenvalue weighted by atomic mass is 14.9. The zero-order valence-corrected chi connectivity index (χ0v) is 20.5. The van der Waals surface area contributed by atoms with E-state index in [-0.39, 0.29) is 6.04 Å². The summed E-state index contributed by atoms with van der Waals surface area (Å²) in [6, 6.07) is 10.5. The summed E-state index contributed by atoms with van der Waals surface area (Å²) in [4.78, 5) is 0. The van der Waals surface area contributed by atoms with Crippen molar-refractivity contribution in [2.75, 3.05) is 6.54 Å². The highest BCUT2D eigenvalue weighted by molar-refractivity contribution is 5.36. The lowest BCUT2D eigenvalue weighted by Crippen LogP contribution is -2.24. The molecular formula is C29H45N. The van der Waals surface area contributed by atoms with Crippen LogP contribution in [-0.4, -0.2) is 6.54 Å². The molecule has 0 saturated carbocycles. The normalized spacial score (nSPS) is 11.8. The van der Waals surface area contributed by atoms with Gasteiger partial charge in [0.05, 0.1) is 6.04 Å². The molecule has 0 saturated heterocycles. The van der Waals surface area contributed by atoms with Crippen LogP contribution in [0, 0.1) is 0 Å². The fourth-order valence-corrected chi connectivity index (χ4v) is 2.30. The van der Waals surface area contributed by atoms with Crippen molar-refractivity contribution in [3.8, 4) is 0 Å². The largest absolute Gasteiger partial charge is 0.302 e. The Hall–Kier alpha value is -2.64. The van der Waals surface area contributed by atoms with Crippen LogP contribution < -0.4 is 5.32 Å². The van der Waals surface area contributed by atoms with Crippen molar-refractivity contribution in [1.82, 2.24) is 5.32 Å². The smallest absolute Gasteiger partial charge is 0.0579 e. The minimum absolute atomic E-state index is 0.0743. The lowest BCUT2D eigenvalue weighted by molar-refractivity contribution is 0.644. The number of rotatable bonds is 10. The van der Waals surface area contributed by atoms with Gasteiger partial charge in [-0.2, -0.15) is 0 Å². The average molecular weight is 408 g/mol. The van der Waals surface area contributed by atoms with E-state index in [1.54, 1.807) is 12.2 Å². The first-order chi connectivity index (χ1) is 14.8. The minimum Gasteiger partial charge on any atom is -0.302 e. The Balaban J connectivity index is -0.00000111. The van der Waals surface area contributed by atoms with E-state index in [9.17, 15) is 0 Å². The fraction of sp³-hybridized carbons (Fsp3) is 0.310. The van der Waals surface area contributed by atoms with Crippen LogP contribution in [0.5, 0.6) is 0 Å². The molecule has 0 aliphatic rings. The molecule has 1 heteroatoms. The first kappa shape index (κ1) is 32.0. The molecule has 1 N–H and O–H groups in total. The molecule has 30 heavy (non-hydrogen) atoms. The molecule has 0 spiro atoms. The zero-order chi connectivity index (χ0) is 23.6. The average Bonchev–Trinajstić information content (AvgIpc) is 2.83. The maximum absolute atomic E-state index is 3.97. The summed E-state index contributed by atoms with van der Waals surface area (Å²) < 4.78 is 0. The summed E-state index contributed by atoms with van der Waals surface area (Å²) in [7, 11) is 0. The van der Waals surface area contributed by atoms with E-state index in [0.717, 1.165) is 17.7 Å². The molecule has 0 heterocycles. The molecule has 1 atom stereocenters. The molecule has 1 unspecified atom stereocenters. The molecule has 1 rings (SSSR count). The maximum Gasteiger partial charge on any atom is 0.0579 e. The van der Waals surface area contributed by atoms with Crippen molar-refractivity contribution in [2.45, 2.75) is 54.5 Å². The summed E-state index contributed by atoms with van der Waals surface area (Å²) >= 11 is 0. The van der Waals surface area contributed by atoms with Gasteiger partial charge >= 0.3 is 0 Å². The van der Waals surface area contributed by atoms with E-state index >= 15 is 0 Å². The van der Waals surface area contributed by atoms with Gasteiger partial charge in [0, 0.05) is 6.54 Å². The van der Waals surface area contributed by atoms with Gasteiger partial charge in [0.15, 0.2) is 0 Å². The molecule has 1 nitrogen and oxygen atoms in total. The van der Waals surface area contributed by atoms with E-state index in [1.165, 1.54) is 5.56 Å². The van der Waals surface area contributed by atoms with Crippen LogP contribution in [0.1, 0.15) is 60.1 Å². The van der Waals surface area contributed by atoms with E-state index < -0.39 is 0 Å². The number of nitrogens with one attached hydrogen (secondary N) is 1. The first-order valence-electron chi connectivity index (χ1n) is 11.1. The Morgan fingerprint density at radius 1 is 0.867 bits per heavy atom. The lowest BCUT2D eigenvalue weighted by atomic mass is 9.97. The molecule has 0 amide bonds. The van der Waals surface area contributed by atoms with Crippen molar-refractivity contribution >= 4 is 0 Å². The number of allylic oxidation sites excluding steroid dienone is 7. The molecule has 0 bridgehead atoms. The van der Waals surface area contributed by atoms with Gasteiger partial charge in [-0.05, 0) is 23.6 Å². The van der Waals surface area contributed by atoms with E-state index in [0.29, 0.717) is 0 Å². The highest BCUT2D eigenvalue weighted by Crippen LogP contribution is 2.23. The van der Waals surface area contributed by atoms with Crippen LogP contribution in [0.2, 0.25) is 0 Å². The Morgan fingerprint density at radius 2 is 1.47 bits per heavy atom. The second kappa shape index (κ2) is 26.4. The molecule has 166 valence electrons. The van der Waals surface area contributed by atoms with Crippen LogP contribution in [0.4, 0.5) is 0 Å². The number of hydrogen-bond acceptors (Lipinski definition) is 1. The molecule has 0 aliphatic carbocycles. The van der Waals surface area contributed by atoms with Crippen LogP contribution in [0.15, 0.2) is 116 Å². The summed E-state index contributed by atoms with van der Waals surface area (Å²) in [6.45, 7) is 26.2.